The van der Waals surface area contributed by atoms with Gasteiger partial charge in [-0.25, -0.2) is 0 Å². The fourth-order valence-electron chi connectivity index (χ4n) is 10.5. The number of aliphatic hydroxyl groups is 1. The van der Waals surface area contributed by atoms with Crippen molar-refractivity contribution >= 4 is 48.0 Å². The van der Waals surface area contributed by atoms with Gasteiger partial charge in [0.05, 0.1) is 51.7 Å². The van der Waals surface area contributed by atoms with Crippen LogP contribution in [0.4, 0.5) is 17.1 Å². The Morgan fingerprint density at radius 3 is 2.39 bits per heavy atom. The number of aliphatic hydroxyl groups excluding tert-OH is 1. The van der Waals surface area contributed by atoms with E-state index in [0.717, 1.165) is 40.6 Å². The normalized spacial score (nSPS) is 23.2. The van der Waals surface area contributed by atoms with Gasteiger partial charge in [-0.3, -0.25) is 19.3 Å². The largest absolute Gasteiger partial charge is 0.497 e. The smallest absolute Gasteiger partial charge is 0.269 e. The van der Waals surface area contributed by atoms with Gasteiger partial charge in [-0.05, 0) is 99.2 Å². The molecule has 8 rings (SSSR count). The van der Waals surface area contributed by atoms with Gasteiger partial charge in [-0.2, -0.15) is 0 Å². The van der Waals surface area contributed by atoms with Crippen molar-refractivity contribution in [2.24, 2.45) is 5.92 Å². The molecule has 1 N–H and O–H groups in total. The molecule has 1 saturated heterocycles. The van der Waals surface area contributed by atoms with Gasteiger partial charge in [0.2, 0.25) is 5.91 Å². The van der Waals surface area contributed by atoms with Gasteiger partial charge in [0.1, 0.15) is 11.5 Å². The number of carbonyl (C=O) groups is 3. The molecule has 62 heavy (non-hydrogen) atoms. The van der Waals surface area contributed by atoms with E-state index in [1.807, 2.05) is 77.7 Å². The van der Waals surface area contributed by atoms with Crippen molar-refractivity contribution in [3.8, 4) is 11.5 Å². The summed E-state index contributed by atoms with van der Waals surface area (Å²) in [7, 11) is -0.955. The predicted octanol–water partition coefficient (Wildman–Crippen LogP) is 8.34. The predicted molar refractivity (Wildman–Crippen MR) is 246 cm³/mol. The number of fused-ring (bicyclic) bond motifs is 4. The minimum Gasteiger partial charge on any atom is -0.497 e. The summed E-state index contributed by atoms with van der Waals surface area (Å²) in [6, 6.07) is 29.2. The molecule has 3 amide bonds. The number of anilines is 3. The number of allylic oxidation sites excluding steroid dienone is 3. The molecule has 0 bridgehead atoms. The highest BCUT2D eigenvalue weighted by Crippen LogP contribution is 2.61. The lowest BCUT2D eigenvalue weighted by Crippen LogP contribution is -2.52. The second kappa shape index (κ2) is 17.3. The fraction of sp³-hybridized carbons (Fsp3) is 0.392. The molecule has 0 saturated carbocycles. The number of benzene rings is 4. The SMILES string of the molecule is COc1ccc([Si](C)(C)[C@@H]2[C@@H](CC(=O)N3Cc4ccccc4C[C@H]3CO)O[C@]3(C(=O)N(C/C=C(\C)CCC=C(C)C)c4ccc(N5C(=O)COc6ccccc65)cc43)[C@H]2C)cc1. The summed E-state index contributed by atoms with van der Waals surface area (Å²) in [5.41, 5.74) is 5.67. The first-order chi connectivity index (χ1) is 29.8. The Bertz CT molecular complexity index is 2420. The Labute approximate surface area is 366 Å². The van der Waals surface area contributed by atoms with E-state index in [4.69, 9.17) is 14.2 Å². The van der Waals surface area contributed by atoms with E-state index in [1.165, 1.54) is 11.1 Å². The highest BCUT2D eigenvalue weighted by atomic mass is 28.3. The number of hydrogen-bond donors (Lipinski definition) is 1. The van der Waals surface area contributed by atoms with Crippen LogP contribution in [0.25, 0.3) is 0 Å². The fourth-order valence-corrected chi connectivity index (χ4v) is 14.5. The summed E-state index contributed by atoms with van der Waals surface area (Å²) >= 11 is 0. The summed E-state index contributed by atoms with van der Waals surface area (Å²) in [6.45, 7) is 13.5. The van der Waals surface area contributed by atoms with Crippen molar-refractivity contribution in [1.29, 1.82) is 0 Å². The Morgan fingerprint density at radius 1 is 0.935 bits per heavy atom. The number of para-hydroxylation sites is 2. The van der Waals surface area contributed by atoms with Gasteiger partial charge in [0, 0.05) is 30.3 Å². The van der Waals surface area contributed by atoms with Crippen molar-refractivity contribution in [1.82, 2.24) is 4.90 Å². The van der Waals surface area contributed by atoms with Crippen LogP contribution in [0.1, 0.15) is 63.6 Å². The van der Waals surface area contributed by atoms with Gasteiger partial charge in [0.25, 0.3) is 11.8 Å². The molecule has 4 aromatic carbocycles. The van der Waals surface area contributed by atoms with Gasteiger partial charge < -0.3 is 29.1 Å². The first-order valence-electron chi connectivity index (χ1n) is 21.9. The average Bonchev–Trinajstić information content (AvgIpc) is 3.70. The number of ether oxygens (including phenoxy) is 3. The quantitative estimate of drug-likeness (QED) is 0.113. The van der Waals surface area contributed by atoms with Crippen LogP contribution in [-0.4, -0.2) is 74.8 Å². The van der Waals surface area contributed by atoms with Crippen molar-refractivity contribution in [2.45, 2.75) is 96.3 Å². The first-order valence-corrected chi connectivity index (χ1v) is 25.0. The van der Waals surface area contributed by atoms with E-state index in [0.29, 0.717) is 42.2 Å². The van der Waals surface area contributed by atoms with Gasteiger partial charge >= 0.3 is 0 Å². The second-order valence-corrected chi connectivity index (χ2v) is 22.9. The molecule has 0 aromatic heterocycles. The van der Waals surface area contributed by atoms with Crippen molar-refractivity contribution in [2.75, 3.05) is 36.7 Å². The standard InChI is InChI=1S/C51H59N3O7Si/c1-33(2)13-12-14-34(3)25-26-52-43-24-19-38(54-44-17-10-11-18-45(44)60-32-48(54)57)28-42(43)51(50(52)58)35(4)49(62(6,7)41-22-20-40(59-5)21-23-41)46(61-51)29-47(56)53-30-37-16-9-8-15-36(37)27-39(53)31-55/h8-11,13,15-25,28,35,39,46,49,55H,12,14,26-27,29-32H2,1-7H3/b34-25+/t35-,39-,46+,49-,51+/m0/s1. The monoisotopic (exact) mass is 853 g/mol. The zero-order chi connectivity index (χ0) is 43.9. The third kappa shape index (κ3) is 7.68. The third-order valence-corrected chi connectivity index (χ3v) is 18.1. The molecule has 10 nitrogen and oxygen atoms in total. The molecule has 1 fully saturated rings. The lowest BCUT2D eigenvalue weighted by Gasteiger charge is -2.39. The number of rotatable bonds is 12. The zero-order valence-corrected chi connectivity index (χ0v) is 38.0. The number of methoxy groups -OCH3 is 1. The minimum atomic E-state index is -2.61. The highest BCUT2D eigenvalue weighted by molar-refractivity contribution is 6.91. The van der Waals surface area contributed by atoms with Crippen LogP contribution < -0.4 is 24.5 Å². The van der Waals surface area contributed by atoms with E-state index in [-0.39, 0.29) is 54.9 Å². The number of nitrogens with zero attached hydrogens (tertiary/aromatic N) is 3. The Kier molecular flexibility index (Phi) is 12.1. The van der Waals surface area contributed by atoms with Crippen molar-refractivity contribution < 1.29 is 33.7 Å². The highest BCUT2D eigenvalue weighted by Gasteiger charge is 2.66. The van der Waals surface area contributed by atoms with Crippen LogP contribution in [0.5, 0.6) is 11.5 Å². The van der Waals surface area contributed by atoms with E-state index in [2.05, 4.69) is 71.1 Å². The summed E-state index contributed by atoms with van der Waals surface area (Å²) in [6.07, 6.45) is 6.12. The maximum Gasteiger partial charge on any atom is 0.269 e. The Hall–Kier alpha value is -5.49. The zero-order valence-electron chi connectivity index (χ0n) is 37.0. The summed E-state index contributed by atoms with van der Waals surface area (Å²) in [4.78, 5) is 49.5. The molecular weight excluding hydrogens is 795 g/mol. The first kappa shape index (κ1) is 43.2. The summed E-state index contributed by atoms with van der Waals surface area (Å²) in [5, 5.41) is 11.8. The van der Waals surface area contributed by atoms with Gasteiger partial charge in [-0.1, -0.05) is 97.0 Å². The topological polar surface area (TPSA) is 109 Å². The summed E-state index contributed by atoms with van der Waals surface area (Å²) in [5.74, 6) is 0.487. The molecule has 4 aliphatic heterocycles. The molecule has 0 unspecified atom stereocenters. The van der Waals surface area contributed by atoms with Crippen LogP contribution in [-0.2, 0) is 37.7 Å². The molecule has 0 radical (unpaired) electrons. The lowest BCUT2D eigenvalue weighted by atomic mass is 9.82. The molecular formula is C51H59N3O7Si. The van der Waals surface area contributed by atoms with Gasteiger partial charge in [-0.15, -0.1) is 0 Å². The molecule has 4 aliphatic rings. The van der Waals surface area contributed by atoms with Crippen LogP contribution in [0.15, 0.2) is 114 Å². The maximum atomic E-state index is 15.7. The van der Waals surface area contributed by atoms with E-state index < -0.39 is 19.8 Å². The van der Waals surface area contributed by atoms with Crippen molar-refractivity contribution in [3.63, 3.8) is 0 Å². The van der Waals surface area contributed by atoms with Gasteiger partial charge in [0.15, 0.2) is 12.2 Å². The second-order valence-electron chi connectivity index (χ2n) is 18.2. The molecule has 4 aromatic rings. The Morgan fingerprint density at radius 2 is 1.66 bits per heavy atom. The minimum absolute atomic E-state index is 0.0447. The molecule has 0 aliphatic carbocycles. The third-order valence-electron chi connectivity index (χ3n) is 13.8. The molecule has 5 atom stereocenters. The lowest BCUT2D eigenvalue weighted by molar-refractivity contribution is -0.150. The molecule has 324 valence electrons. The van der Waals surface area contributed by atoms with E-state index in [9.17, 15) is 14.7 Å². The van der Waals surface area contributed by atoms with Crippen LogP contribution in [0, 0.1) is 5.92 Å². The van der Waals surface area contributed by atoms with Crippen LogP contribution in [0.3, 0.4) is 0 Å². The molecule has 11 heteroatoms. The molecule has 4 heterocycles. The number of carbonyl (C=O) groups excluding carboxylic acids is 3. The van der Waals surface area contributed by atoms with Crippen LogP contribution >= 0.6 is 0 Å². The average molecular weight is 854 g/mol. The number of hydrogen-bond acceptors (Lipinski definition) is 7. The van der Waals surface area contributed by atoms with E-state index in [1.54, 1.807) is 16.9 Å². The Balaban J connectivity index is 1.24. The van der Waals surface area contributed by atoms with Crippen LogP contribution in [0.2, 0.25) is 18.6 Å². The van der Waals surface area contributed by atoms with E-state index >= 15 is 4.79 Å². The summed E-state index contributed by atoms with van der Waals surface area (Å²) < 4.78 is 18.8. The molecule has 1 spiro atoms. The number of amides is 3. The maximum absolute atomic E-state index is 15.7. The van der Waals surface area contributed by atoms with Crippen molar-refractivity contribution in [3.05, 3.63) is 131 Å².